The van der Waals surface area contributed by atoms with Crippen LogP contribution in [-0.2, 0) is 5.41 Å². The summed E-state index contributed by atoms with van der Waals surface area (Å²) in [6.45, 7) is 11.0. The van der Waals surface area contributed by atoms with E-state index in [2.05, 4.69) is 31.7 Å². The van der Waals surface area contributed by atoms with E-state index >= 15 is 0 Å². The summed E-state index contributed by atoms with van der Waals surface area (Å²) in [5.74, 6) is 0.901. The van der Waals surface area contributed by atoms with Gasteiger partial charge in [0.15, 0.2) is 0 Å². The number of benzene rings is 1. The molecule has 1 fully saturated rings. The van der Waals surface area contributed by atoms with Crippen molar-refractivity contribution in [1.82, 2.24) is 4.90 Å². The highest BCUT2D eigenvalue weighted by molar-refractivity contribution is 5.49. The molecule has 21 heavy (non-hydrogen) atoms. The number of nitrogens with two attached hydrogens (primary N) is 1. The minimum atomic E-state index is 0.0985. The van der Waals surface area contributed by atoms with Crippen molar-refractivity contribution in [3.8, 4) is 5.75 Å². The lowest BCUT2D eigenvalue weighted by Crippen LogP contribution is -2.31. The van der Waals surface area contributed by atoms with Gasteiger partial charge in [-0.25, -0.2) is 0 Å². The summed E-state index contributed by atoms with van der Waals surface area (Å²) >= 11 is 0. The molecule has 2 N–H and O–H groups in total. The number of rotatable bonds is 5. The summed E-state index contributed by atoms with van der Waals surface area (Å²) in [7, 11) is 0. The van der Waals surface area contributed by atoms with Crippen LogP contribution in [0.5, 0.6) is 5.75 Å². The molecule has 0 atom stereocenters. The van der Waals surface area contributed by atoms with Gasteiger partial charge in [-0.15, -0.1) is 0 Å². The molecule has 1 saturated heterocycles. The predicted molar refractivity (Wildman–Crippen MR) is 90.0 cm³/mol. The van der Waals surface area contributed by atoms with Crippen LogP contribution in [-0.4, -0.2) is 31.1 Å². The van der Waals surface area contributed by atoms with Gasteiger partial charge in [0.2, 0.25) is 0 Å². The molecule has 1 aliphatic rings. The molecule has 3 heteroatoms. The zero-order valence-corrected chi connectivity index (χ0v) is 13.8. The summed E-state index contributed by atoms with van der Waals surface area (Å²) in [6.07, 6.45) is 5.18. The fourth-order valence-electron chi connectivity index (χ4n) is 2.80. The Labute approximate surface area is 129 Å². The van der Waals surface area contributed by atoms with E-state index in [0.717, 1.165) is 31.0 Å². The molecule has 0 spiro atoms. The van der Waals surface area contributed by atoms with Crippen LogP contribution in [0, 0.1) is 0 Å². The molecule has 0 radical (unpaired) electrons. The summed E-state index contributed by atoms with van der Waals surface area (Å²) in [5, 5.41) is 0. The molecule has 0 aliphatic carbocycles. The molecule has 3 nitrogen and oxygen atoms in total. The zero-order valence-electron chi connectivity index (χ0n) is 13.8. The van der Waals surface area contributed by atoms with E-state index in [1.54, 1.807) is 0 Å². The lowest BCUT2D eigenvalue weighted by Gasteiger charge is -2.26. The van der Waals surface area contributed by atoms with Crippen LogP contribution in [0.1, 0.15) is 52.0 Å². The van der Waals surface area contributed by atoms with E-state index in [1.165, 1.54) is 37.9 Å². The third kappa shape index (κ3) is 5.24. The van der Waals surface area contributed by atoms with Gasteiger partial charge in [-0.05, 0) is 55.5 Å². The smallest absolute Gasteiger partial charge is 0.121 e. The number of anilines is 1. The SMILES string of the molecule is CC(C)(C)c1cc(N)cc(OCCCN2CCCCC2)c1. The van der Waals surface area contributed by atoms with E-state index in [-0.39, 0.29) is 5.41 Å². The first-order chi connectivity index (χ1) is 9.95. The number of nitrogen functional groups attached to an aromatic ring is 1. The van der Waals surface area contributed by atoms with E-state index in [4.69, 9.17) is 10.5 Å². The van der Waals surface area contributed by atoms with Crippen LogP contribution in [0.25, 0.3) is 0 Å². The van der Waals surface area contributed by atoms with Gasteiger partial charge in [0.05, 0.1) is 6.61 Å². The number of hydrogen-bond donors (Lipinski definition) is 1. The number of piperidine rings is 1. The van der Waals surface area contributed by atoms with E-state index in [0.29, 0.717) is 0 Å². The summed E-state index contributed by atoms with van der Waals surface area (Å²) in [4.78, 5) is 2.55. The standard InChI is InChI=1S/C18H30N2O/c1-18(2,3)15-12-16(19)14-17(13-15)21-11-7-10-20-8-5-4-6-9-20/h12-14H,4-11,19H2,1-3H3. The Hall–Kier alpha value is -1.22. The summed E-state index contributed by atoms with van der Waals surface area (Å²) in [6, 6.07) is 6.09. The van der Waals surface area contributed by atoms with Gasteiger partial charge in [-0.3, -0.25) is 0 Å². The first-order valence-corrected chi connectivity index (χ1v) is 8.21. The Kier molecular flexibility index (Phi) is 5.51. The van der Waals surface area contributed by atoms with Crippen molar-refractivity contribution >= 4 is 5.69 Å². The summed E-state index contributed by atoms with van der Waals surface area (Å²) < 4.78 is 5.91. The molecule has 0 unspecified atom stereocenters. The first-order valence-electron chi connectivity index (χ1n) is 8.21. The average molecular weight is 290 g/mol. The topological polar surface area (TPSA) is 38.5 Å². The maximum atomic E-state index is 5.99. The van der Waals surface area contributed by atoms with Gasteiger partial charge in [-0.1, -0.05) is 27.2 Å². The fourth-order valence-corrected chi connectivity index (χ4v) is 2.80. The van der Waals surface area contributed by atoms with Crippen molar-refractivity contribution in [1.29, 1.82) is 0 Å². The molecular weight excluding hydrogens is 260 g/mol. The van der Waals surface area contributed by atoms with Crippen LogP contribution in [0.2, 0.25) is 0 Å². The molecule has 118 valence electrons. The third-order valence-corrected chi connectivity index (χ3v) is 4.13. The Balaban J connectivity index is 1.81. The highest BCUT2D eigenvalue weighted by Gasteiger charge is 2.15. The van der Waals surface area contributed by atoms with Gasteiger partial charge in [-0.2, -0.15) is 0 Å². The fraction of sp³-hybridized carbons (Fsp3) is 0.667. The highest BCUT2D eigenvalue weighted by atomic mass is 16.5. The Morgan fingerprint density at radius 1 is 1.10 bits per heavy atom. The average Bonchev–Trinajstić information content (AvgIpc) is 2.43. The van der Waals surface area contributed by atoms with E-state index < -0.39 is 0 Å². The molecule has 1 aliphatic heterocycles. The molecule has 2 rings (SSSR count). The van der Waals surface area contributed by atoms with Gasteiger partial charge < -0.3 is 15.4 Å². The number of nitrogens with zero attached hydrogens (tertiary/aromatic N) is 1. The van der Waals surface area contributed by atoms with Crippen LogP contribution in [0.3, 0.4) is 0 Å². The second kappa shape index (κ2) is 7.17. The number of ether oxygens (including phenoxy) is 1. The van der Waals surface area contributed by atoms with Crippen molar-refractivity contribution in [2.75, 3.05) is 32.0 Å². The van der Waals surface area contributed by atoms with Crippen LogP contribution >= 0.6 is 0 Å². The maximum Gasteiger partial charge on any atom is 0.121 e. The molecule has 1 heterocycles. The lowest BCUT2D eigenvalue weighted by atomic mass is 9.87. The van der Waals surface area contributed by atoms with E-state index in [1.807, 2.05) is 12.1 Å². The van der Waals surface area contributed by atoms with Gasteiger partial charge in [0.25, 0.3) is 0 Å². The highest BCUT2D eigenvalue weighted by Crippen LogP contribution is 2.28. The molecule has 0 bridgehead atoms. The Morgan fingerprint density at radius 3 is 2.48 bits per heavy atom. The largest absolute Gasteiger partial charge is 0.493 e. The first kappa shape index (κ1) is 16.2. The normalized spacial score (nSPS) is 16.9. The monoisotopic (exact) mass is 290 g/mol. The number of likely N-dealkylation sites (tertiary alicyclic amines) is 1. The molecule has 0 amide bonds. The second-order valence-electron chi connectivity index (χ2n) is 7.15. The lowest BCUT2D eigenvalue weighted by molar-refractivity contribution is 0.205. The molecule has 1 aromatic carbocycles. The second-order valence-corrected chi connectivity index (χ2v) is 7.15. The Morgan fingerprint density at radius 2 is 1.81 bits per heavy atom. The van der Waals surface area contributed by atoms with Crippen LogP contribution in [0.15, 0.2) is 18.2 Å². The maximum absolute atomic E-state index is 5.99. The molecule has 1 aromatic rings. The van der Waals surface area contributed by atoms with Crippen molar-refractivity contribution < 1.29 is 4.74 Å². The predicted octanol–water partition coefficient (Wildman–Crippen LogP) is 3.82. The van der Waals surface area contributed by atoms with Gasteiger partial charge in [0.1, 0.15) is 5.75 Å². The quantitative estimate of drug-likeness (QED) is 0.662. The van der Waals surface area contributed by atoms with Crippen LogP contribution < -0.4 is 10.5 Å². The molecule has 0 aromatic heterocycles. The third-order valence-electron chi connectivity index (χ3n) is 4.13. The van der Waals surface area contributed by atoms with Gasteiger partial charge in [0, 0.05) is 18.3 Å². The minimum Gasteiger partial charge on any atom is -0.493 e. The van der Waals surface area contributed by atoms with E-state index in [9.17, 15) is 0 Å². The zero-order chi connectivity index (χ0) is 15.3. The van der Waals surface area contributed by atoms with Crippen molar-refractivity contribution in [2.24, 2.45) is 0 Å². The van der Waals surface area contributed by atoms with Crippen molar-refractivity contribution in [3.63, 3.8) is 0 Å². The molecular formula is C18H30N2O. The van der Waals surface area contributed by atoms with Crippen molar-refractivity contribution in [3.05, 3.63) is 23.8 Å². The van der Waals surface area contributed by atoms with Crippen LogP contribution in [0.4, 0.5) is 5.69 Å². The number of hydrogen-bond acceptors (Lipinski definition) is 3. The van der Waals surface area contributed by atoms with Gasteiger partial charge >= 0.3 is 0 Å². The molecule has 0 saturated carbocycles. The summed E-state index contributed by atoms with van der Waals surface area (Å²) in [5.41, 5.74) is 8.10. The van der Waals surface area contributed by atoms with Crippen molar-refractivity contribution in [2.45, 2.75) is 51.9 Å². The Bertz CT molecular complexity index is 445. The minimum absolute atomic E-state index is 0.0985.